The fourth-order valence-corrected chi connectivity index (χ4v) is 1.28. The zero-order chi connectivity index (χ0) is 12.3. The maximum atomic E-state index is 11.3. The average molecular weight is 225 g/mol. The lowest BCUT2D eigenvalue weighted by molar-refractivity contribution is -0.141. The summed E-state index contributed by atoms with van der Waals surface area (Å²) in [6.45, 7) is 1.69. The van der Waals surface area contributed by atoms with Crippen LogP contribution in [-0.2, 0) is 9.53 Å². The number of aromatic hydroxyl groups is 2. The van der Waals surface area contributed by atoms with Crippen molar-refractivity contribution < 1.29 is 19.7 Å². The van der Waals surface area contributed by atoms with Gasteiger partial charge >= 0.3 is 5.97 Å². The van der Waals surface area contributed by atoms with Crippen LogP contribution in [0.15, 0.2) is 18.2 Å². The third kappa shape index (κ3) is 2.36. The molecule has 0 amide bonds. The molecule has 0 bridgehead atoms. The molecule has 1 atom stereocenters. The quantitative estimate of drug-likeness (QED) is 0.595. The first-order valence-corrected chi connectivity index (χ1v) is 4.80. The van der Waals surface area contributed by atoms with Crippen molar-refractivity contribution in [2.45, 2.75) is 13.0 Å². The van der Waals surface area contributed by atoms with E-state index in [0.717, 1.165) is 0 Å². The largest absolute Gasteiger partial charge is 0.504 e. The van der Waals surface area contributed by atoms with Gasteiger partial charge in [-0.3, -0.25) is 0 Å². The highest BCUT2D eigenvalue weighted by Gasteiger charge is 2.19. The molecule has 0 saturated heterocycles. The number of esters is 1. The van der Waals surface area contributed by atoms with Gasteiger partial charge in [0.15, 0.2) is 11.5 Å². The number of nitrogens with zero attached hydrogens (tertiary/aromatic N) is 1. The summed E-state index contributed by atoms with van der Waals surface area (Å²) in [7, 11) is 3.02. The van der Waals surface area contributed by atoms with E-state index in [1.165, 1.54) is 19.2 Å². The van der Waals surface area contributed by atoms with Gasteiger partial charge in [-0.2, -0.15) is 0 Å². The Kier molecular flexibility index (Phi) is 3.60. The van der Waals surface area contributed by atoms with Crippen molar-refractivity contribution in [3.05, 3.63) is 18.2 Å². The van der Waals surface area contributed by atoms with E-state index in [1.807, 2.05) is 0 Å². The van der Waals surface area contributed by atoms with Gasteiger partial charge in [-0.15, -0.1) is 0 Å². The molecule has 0 heterocycles. The summed E-state index contributed by atoms with van der Waals surface area (Å²) >= 11 is 0. The number of carbonyl (C=O) groups is 1. The molecule has 1 aromatic carbocycles. The van der Waals surface area contributed by atoms with E-state index in [2.05, 4.69) is 4.74 Å². The topological polar surface area (TPSA) is 70.0 Å². The second kappa shape index (κ2) is 4.74. The minimum atomic E-state index is -0.464. The zero-order valence-corrected chi connectivity index (χ0v) is 9.47. The number of benzene rings is 1. The predicted octanol–water partition coefficient (Wildman–Crippen LogP) is 1.10. The van der Waals surface area contributed by atoms with Crippen LogP contribution in [-0.4, -0.2) is 36.4 Å². The number of methoxy groups -OCH3 is 1. The Morgan fingerprint density at radius 3 is 2.50 bits per heavy atom. The van der Waals surface area contributed by atoms with Crippen molar-refractivity contribution in [2.24, 2.45) is 0 Å². The monoisotopic (exact) mass is 225 g/mol. The number of phenolic OH excluding ortho intramolecular Hbond substituents is 2. The fourth-order valence-electron chi connectivity index (χ4n) is 1.28. The van der Waals surface area contributed by atoms with E-state index < -0.39 is 6.04 Å². The number of hydrogen-bond donors (Lipinski definition) is 2. The number of rotatable bonds is 3. The van der Waals surface area contributed by atoms with Crippen LogP contribution in [0.25, 0.3) is 0 Å². The zero-order valence-electron chi connectivity index (χ0n) is 9.47. The number of ether oxygens (including phenoxy) is 1. The number of hydrogen-bond acceptors (Lipinski definition) is 5. The van der Waals surface area contributed by atoms with E-state index in [4.69, 9.17) is 5.11 Å². The van der Waals surface area contributed by atoms with Gasteiger partial charge in [0.25, 0.3) is 0 Å². The molecule has 0 aliphatic carbocycles. The molecule has 5 nitrogen and oxygen atoms in total. The van der Waals surface area contributed by atoms with Gasteiger partial charge in [0.2, 0.25) is 0 Å². The van der Waals surface area contributed by atoms with Crippen molar-refractivity contribution in [3.8, 4) is 11.5 Å². The lowest BCUT2D eigenvalue weighted by Crippen LogP contribution is -2.36. The van der Waals surface area contributed by atoms with Gasteiger partial charge in [-0.25, -0.2) is 4.79 Å². The Labute approximate surface area is 93.9 Å². The van der Waals surface area contributed by atoms with Crippen molar-refractivity contribution in [1.82, 2.24) is 0 Å². The second-order valence-electron chi connectivity index (χ2n) is 3.48. The Balaban J connectivity index is 2.91. The summed E-state index contributed by atoms with van der Waals surface area (Å²) in [5, 5.41) is 18.5. The molecule has 0 radical (unpaired) electrons. The minimum absolute atomic E-state index is 0.192. The maximum Gasteiger partial charge on any atom is 0.328 e. The third-order valence-corrected chi connectivity index (χ3v) is 2.49. The van der Waals surface area contributed by atoms with Crippen molar-refractivity contribution in [2.75, 3.05) is 19.1 Å². The predicted molar refractivity (Wildman–Crippen MR) is 59.7 cm³/mol. The lowest BCUT2D eigenvalue weighted by atomic mass is 10.2. The smallest absolute Gasteiger partial charge is 0.328 e. The SMILES string of the molecule is COC(=O)[C@@H](C)N(C)c1ccc(O)c(O)c1. The number of likely N-dealkylation sites (N-methyl/N-ethyl adjacent to an activating group) is 1. The highest BCUT2D eigenvalue weighted by molar-refractivity contribution is 5.79. The van der Waals surface area contributed by atoms with Crippen molar-refractivity contribution in [1.29, 1.82) is 0 Å². The van der Waals surface area contributed by atoms with Gasteiger partial charge in [-0.05, 0) is 19.1 Å². The molecular weight excluding hydrogens is 210 g/mol. The average Bonchev–Trinajstić information content (AvgIpc) is 2.29. The summed E-state index contributed by atoms with van der Waals surface area (Å²) in [5.41, 5.74) is 0.619. The van der Waals surface area contributed by atoms with E-state index in [1.54, 1.807) is 24.9 Å². The van der Waals surface area contributed by atoms with Crippen LogP contribution in [0.1, 0.15) is 6.92 Å². The molecule has 0 spiro atoms. The maximum absolute atomic E-state index is 11.3. The molecule has 0 saturated carbocycles. The van der Waals surface area contributed by atoms with Crippen LogP contribution in [0.2, 0.25) is 0 Å². The molecule has 1 aromatic rings. The molecule has 88 valence electrons. The first-order chi connectivity index (χ1) is 7.47. The summed E-state index contributed by atoms with van der Waals surface area (Å²) in [6.07, 6.45) is 0. The summed E-state index contributed by atoms with van der Waals surface area (Å²) < 4.78 is 4.62. The van der Waals surface area contributed by atoms with Gasteiger partial charge in [0.05, 0.1) is 7.11 Å². The van der Waals surface area contributed by atoms with Crippen LogP contribution in [0.3, 0.4) is 0 Å². The number of anilines is 1. The minimum Gasteiger partial charge on any atom is -0.504 e. The summed E-state index contributed by atoms with van der Waals surface area (Å²) in [4.78, 5) is 12.9. The highest BCUT2D eigenvalue weighted by atomic mass is 16.5. The van der Waals surface area contributed by atoms with Crippen LogP contribution >= 0.6 is 0 Å². The van der Waals surface area contributed by atoms with Crippen LogP contribution in [0.5, 0.6) is 11.5 Å². The summed E-state index contributed by atoms with van der Waals surface area (Å²) in [5.74, 6) is -0.778. The number of carbonyl (C=O) groups excluding carboxylic acids is 1. The molecule has 0 unspecified atom stereocenters. The lowest BCUT2D eigenvalue weighted by Gasteiger charge is -2.24. The first kappa shape index (κ1) is 12.2. The molecule has 0 aliphatic rings. The van der Waals surface area contributed by atoms with E-state index in [0.29, 0.717) is 5.69 Å². The Morgan fingerprint density at radius 1 is 1.38 bits per heavy atom. The second-order valence-corrected chi connectivity index (χ2v) is 3.48. The van der Waals surface area contributed by atoms with Gasteiger partial charge < -0.3 is 19.8 Å². The van der Waals surface area contributed by atoms with Gasteiger partial charge in [-0.1, -0.05) is 0 Å². The van der Waals surface area contributed by atoms with Gasteiger partial charge in [0, 0.05) is 18.8 Å². The van der Waals surface area contributed by atoms with E-state index in [9.17, 15) is 9.90 Å². The number of phenols is 2. The molecule has 0 aromatic heterocycles. The van der Waals surface area contributed by atoms with Crippen molar-refractivity contribution in [3.63, 3.8) is 0 Å². The molecule has 1 rings (SSSR count). The van der Waals surface area contributed by atoms with E-state index >= 15 is 0 Å². The van der Waals surface area contributed by atoms with Crippen LogP contribution < -0.4 is 4.90 Å². The Morgan fingerprint density at radius 2 is 2.00 bits per heavy atom. The molecule has 16 heavy (non-hydrogen) atoms. The van der Waals surface area contributed by atoms with Crippen LogP contribution in [0.4, 0.5) is 5.69 Å². The Bertz CT molecular complexity index is 392. The molecule has 2 N–H and O–H groups in total. The normalized spacial score (nSPS) is 11.9. The molecule has 0 aliphatic heterocycles. The van der Waals surface area contributed by atoms with E-state index in [-0.39, 0.29) is 17.5 Å². The molecule has 5 heteroatoms. The standard InChI is InChI=1S/C11H15NO4/c1-7(11(15)16-3)12(2)8-4-5-9(13)10(14)6-8/h4-7,13-14H,1-3H3/t7-/m1/s1. The molecular formula is C11H15NO4. The fraction of sp³-hybridized carbons (Fsp3) is 0.364. The highest BCUT2D eigenvalue weighted by Crippen LogP contribution is 2.29. The summed E-state index contributed by atoms with van der Waals surface area (Å²) in [6, 6.07) is 3.89. The first-order valence-electron chi connectivity index (χ1n) is 4.80. The third-order valence-electron chi connectivity index (χ3n) is 2.49. The Hall–Kier alpha value is -1.91. The molecule has 0 fully saturated rings. The van der Waals surface area contributed by atoms with Gasteiger partial charge in [0.1, 0.15) is 6.04 Å². The van der Waals surface area contributed by atoms with Crippen molar-refractivity contribution >= 4 is 11.7 Å². The van der Waals surface area contributed by atoms with Crippen LogP contribution in [0, 0.1) is 0 Å².